The highest BCUT2D eigenvalue weighted by Gasteiger charge is 2.20. The molecule has 0 atom stereocenters. The summed E-state index contributed by atoms with van der Waals surface area (Å²) in [4.78, 5) is 15.7. The van der Waals surface area contributed by atoms with Gasteiger partial charge < -0.3 is 5.11 Å². The van der Waals surface area contributed by atoms with E-state index in [4.69, 9.17) is 5.11 Å². The zero-order valence-electron chi connectivity index (χ0n) is 10.00. The van der Waals surface area contributed by atoms with Crippen LogP contribution in [0.3, 0.4) is 0 Å². The van der Waals surface area contributed by atoms with E-state index < -0.39 is 16.0 Å². The molecule has 9 heteroatoms. The first-order chi connectivity index (χ1) is 8.79. The Hall–Kier alpha value is -1.45. The number of thiazole rings is 1. The van der Waals surface area contributed by atoms with Crippen molar-refractivity contribution in [1.29, 1.82) is 0 Å². The number of hydrogen-bond acceptors (Lipinski definition) is 6. The van der Waals surface area contributed by atoms with E-state index in [-0.39, 0.29) is 14.2 Å². The maximum atomic E-state index is 12.0. The van der Waals surface area contributed by atoms with Gasteiger partial charge in [-0.15, -0.1) is 22.7 Å². The molecule has 2 heterocycles. The molecule has 0 saturated carbocycles. The summed E-state index contributed by atoms with van der Waals surface area (Å²) in [6.07, 6.45) is 0. The van der Waals surface area contributed by atoms with Gasteiger partial charge in [-0.3, -0.25) is 4.72 Å². The summed E-state index contributed by atoms with van der Waals surface area (Å²) >= 11 is 1.94. The van der Waals surface area contributed by atoms with Gasteiger partial charge in [0, 0.05) is 4.88 Å². The number of rotatable bonds is 4. The molecule has 6 nitrogen and oxygen atoms in total. The van der Waals surface area contributed by atoms with Gasteiger partial charge >= 0.3 is 5.97 Å². The van der Waals surface area contributed by atoms with Crippen LogP contribution in [-0.2, 0) is 10.0 Å². The number of aromatic nitrogens is 1. The molecule has 2 rings (SSSR count). The van der Waals surface area contributed by atoms with Gasteiger partial charge in [-0.25, -0.2) is 18.2 Å². The highest BCUT2D eigenvalue weighted by atomic mass is 32.2. The highest BCUT2D eigenvalue weighted by molar-refractivity contribution is 7.94. The largest absolute Gasteiger partial charge is 0.477 e. The second-order valence-electron chi connectivity index (χ2n) is 3.69. The Balaban J connectivity index is 2.29. The fourth-order valence-corrected chi connectivity index (χ4v) is 4.46. The Morgan fingerprint density at radius 1 is 1.32 bits per heavy atom. The molecule has 0 aromatic carbocycles. The van der Waals surface area contributed by atoms with E-state index in [0.717, 1.165) is 10.6 Å². The molecule has 0 aliphatic heterocycles. The van der Waals surface area contributed by atoms with Gasteiger partial charge in [-0.2, -0.15) is 0 Å². The zero-order valence-corrected chi connectivity index (χ0v) is 12.4. The van der Waals surface area contributed by atoms with Crippen LogP contribution in [0.1, 0.15) is 20.2 Å². The van der Waals surface area contributed by atoms with E-state index in [1.54, 1.807) is 6.92 Å². The van der Waals surface area contributed by atoms with Crippen molar-refractivity contribution >= 4 is 43.8 Å². The van der Waals surface area contributed by atoms with E-state index in [1.165, 1.54) is 23.5 Å². The van der Waals surface area contributed by atoms with Crippen LogP contribution in [0.15, 0.2) is 16.3 Å². The number of sulfonamides is 1. The second-order valence-corrected chi connectivity index (χ2v) is 7.89. The third-order valence-electron chi connectivity index (χ3n) is 2.31. The fourth-order valence-electron chi connectivity index (χ4n) is 1.26. The van der Waals surface area contributed by atoms with Crippen LogP contribution in [0, 0.1) is 13.8 Å². The molecule has 0 saturated heterocycles. The fraction of sp³-hybridized carbons (Fsp3) is 0.200. The van der Waals surface area contributed by atoms with Gasteiger partial charge in [0.25, 0.3) is 10.0 Å². The van der Waals surface area contributed by atoms with Crippen molar-refractivity contribution < 1.29 is 18.3 Å². The molecule has 0 amide bonds. The van der Waals surface area contributed by atoms with Crippen LogP contribution in [0.5, 0.6) is 0 Å². The summed E-state index contributed by atoms with van der Waals surface area (Å²) < 4.78 is 26.4. The topological polar surface area (TPSA) is 96.4 Å². The van der Waals surface area contributed by atoms with Crippen molar-refractivity contribution in [2.45, 2.75) is 18.1 Å². The third kappa shape index (κ3) is 2.94. The second kappa shape index (κ2) is 4.91. The van der Waals surface area contributed by atoms with Crippen LogP contribution in [0.25, 0.3) is 0 Å². The summed E-state index contributed by atoms with van der Waals surface area (Å²) in [5, 5.41) is 9.06. The minimum absolute atomic E-state index is 0.0214. The van der Waals surface area contributed by atoms with Gasteiger partial charge in [0.05, 0.1) is 5.69 Å². The molecule has 2 aromatic rings. The molecular weight excluding hydrogens is 308 g/mol. The van der Waals surface area contributed by atoms with Gasteiger partial charge in [0.15, 0.2) is 5.13 Å². The minimum atomic E-state index is -3.78. The first-order valence-corrected chi connectivity index (χ1v) is 8.21. The Morgan fingerprint density at radius 3 is 2.47 bits per heavy atom. The van der Waals surface area contributed by atoms with Crippen LogP contribution < -0.4 is 4.72 Å². The normalized spacial score (nSPS) is 11.5. The van der Waals surface area contributed by atoms with E-state index in [0.29, 0.717) is 11.3 Å². The molecule has 102 valence electrons. The lowest BCUT2D eigenvalue weighted by molar-refractivity contribution is 0.0702. The monoisotopic (exact) mass is 318 g/mol. The molecule has 19 heavy (non-hydrogen) atoms. The Morgan fingerprint density at radius 2 is 2.00 bits per heavy atom. The summed E-state index contributed by atoms with van der Waals surface area (Å²) in [5.41, 5.74) is 0.764. The van der Waals surface area contributed by atoms with E-state index in [2.05, 4.69) is 9.71 Å². The van der Waals surface area contributed by atoms with Crippen LogP contribution >= 0.6 is 22.7 Å². The molecule has 2 aromatic heterocycles. The van der Waals surface area contributed by atoms with Gasteiger partial charge in [0.1, 0.15) is 9.09 Å². The number of carbonyl (C=O) groups is 1. The smallest absolute Gasteiger partial charge is 0.345 e. The molecule has 0 fully saturated rings. The quantitative estimate of drug-likeness (QED) is 0.902. The number of carboxylic acids is 1. The maximum absolute atomic E-state index is 12.0. The molecular formula is C10H10N2O4S3. The number of aryl methyl sites for hydroxylation is 2. The van der Waals surface area contributed by atoms with E-state index >= 15 is 0 Å². The van der Waals surface area contributed by atoms with Gasteiger partial charge in [-0.1, -0.05) is 0 Å². The number of nitrogens with zero attached hydrogens (tertiary/aromatic N) is 1. The molecule has 0 unspecified atom stereocenters. The third-order valence-corrected chi connectivity index (χ3v) is 6.33. The maximum Gasteiger partial charge on any atom is 0.345 e. The molecule has 0 radical (unpaired) electrons. The minimum Gasteiger partial charge on any atom is -0.477 e. The lowest BCUT2D eigenvalue weighted by Crippen LogP contribution is -2.11. The molecule has 0 aliphatic carbocycles. The summed E-state index contributed by atoms with van der Waals surface area (Å²) in [7, 11) is -3.78. The van der Waals surface area contributed by atoms with Crippen molar-refractivity contribution in [2.75, 3.05) is 4.72 Å². The van der Waals surface area contributed by atoms with Gasteiger partial charge in [0.2, 0.25) is 0 Å². The Bertz CT molecular complexity index is 710. The number of anilines is 1. The number of nitrogens with one attached hydrogen (secondary N) is 1. The summed E-state index contributed by atoms with van der Waals surface area (Å²) in [6, 6.07) is 2.53. The number of thiophene rings is 1. The Labute approximate surface area is 117 Å². The lowest BCUT2D eigenvalue weighted by atomic mass is 10.4. The first kappa shape index (κ1) is 14.0. The SMILES string of the molecule is Cc1nc(NS(=O)(=O)c2ccc(C(=O)O)s2)sc1C. The standard InChI is InChI=1S/C10H10N2O4S3/c1-5-6(2)17-10(11-5)12-19(15,16)8-4-3-7(18-8)9(13)14/h3-4H,1-2H3,(H,11,12)(H,13,14). The lowest BCUT2D eigenvalue weighted by Gasteiger charge is -2.01. The molecule has 0 aliphatic rings. The van der Waals surface area contributed by atoms with Crippen LogP contribution in [-0.4, -0.2) is 24.5 Å². The van der Waals surface area contributed by atoms with Gasteiger partial charge in [-0.05, 0) is 26.0 Å². The van der Waals surface area contributed by atoms with Crippen LogP contribution in [0.4, 0.5) is 5.13 Å². The number of carboxylic acid groups (broad SMARTS) is 1. The first-order valence-electron chi connectivity index (χ1n) is 5.09. The van der Waals surface area contributed by atoms with E-state index in [9.17, 15) is 13.2 Å². The predicted octanol–water partition coefficient (Wildman–Crippen LogP) is 2.32. The van der Waals surface area contributed by atoms with Crippen molar-refractivity contribution in [3.05, 3.63) is 27.6 Å². The highest BCUT2D eigenvalue weighted by Crippen LogP contribution is 2.27. The predicted molar refractivity (Wildman–Crippen MR) is 73.7 cm³/mol. The van der Waals surface area contributed by atoms with Crippen LogP contribution in [0.2, 0.25) is 0 Å². The zero-order chi connectivity index (χ0) is 14.2. The van der Waals surface area contributed by atoms with E-state index in [1.807, 2.05) is 6.92 Å². The molecule has 2 N–H and O–H groups in total. The molecule has 0 bridgehead atoms. The van der Waals surface area contributed by atoms with Crippen molar-refractivity contribution in [3.8, 4) is 0 Å². The van der Waals surface area contributed by atoms with Crippen molar-refractivity contribution in [2.24, 2.45) is 0 Å². The number of aromatic carboxylic acids is 1. The summed E-state index contributed by atoms with van der Waals surface area (Å²) in [5.74, 6) is -1.15. The average Bonchev–Trinajstić information content (AvgIpc) is 2.86. The average molecular weight is 318 g/mol. The van der Waals surface area contributed by atoms with Crippen molar-refractivity contribution in [3.63, 3.8) is 0 Å². The summed E-state index contributed by atoms with van der Waals surface area (Å²) in [6.45, 7) is 3.63. The Kier molecular flexibility index (Phi) is 3.61. The number of hydrogen-bond donors (Lipinski definition) is 2. The van der Waals surface area contributed by atoms with Crippen molar-refractivity contribution in [1.82, 2.24) is 4.98 Å². The molecule has 0 spiro atoms.